The van der Waals surface area contributed by atoms with Gasteiger partial charge in [0, 0.05) is 13.1 Å². The molecule has 1 aliphatic heterocycles. The molecule has 1 unspecified atom stereocenters. The molecule has 1 aromatic carbocycles. The smallest absolute Gasteiger partial charge is 0.302 e. The van der Waals surface area contributed by atoms with Gasteiger partial charge in [0.2, 0.25) is 5.91 Å². The van der Waals surface area contributed by atoms with Gasteiger partial charge < -0.3 is 15.1 Å². The molecule has 2 amide bonds. The maximum absolute atomic E-state index is 13.0. The van der Waals surface area contributed by atoms with Crippen molar-refractivity contribution in [3.8, 4) is 0 Å². The number of benzene rings is 1. The number of carbonyl (C=O) groups is 2. The summed E-state index contributed by atoms with van der Waals surface area (Å²) in [6.07, 6.45) is 3.26. The molecule has 0 aliphatic carbocycles. The van der Waals surface area contributed by atoms with Gasteiger partial charge in [-0.2, -0.15) is 10.1 Å². The van der Waals surface area contributed by atoms with Crippen LogP contribution in [0.1, 0.15) is 23.0 Å². The lowest BCUT2D eigenvalue weighted by Crippen LogP contribution is -2.27. The summed E-state index contributed by atoms with van der Waals surface area (Å²) in [6.45, 7) is 4.51. The van der Waals surface area contributed by atoms with Crippen molar-refractivity contribution in [2.75, 3.05) is 24.1 Å². The fraction of sp³-hybridized carbons (Fsp3) is 0.200. The van der Waals surface area contributed by atoms with E-state index in [1.807, 2.05) is 12.1 Å². The maximum atomic E-state index is 13.0. The van der Waals surface area contributed by atoms with E-state index in [1.54, 1.807) is 21.7 Å². The van der Waals surface area contributed by atoms with Crippen molar-refractivity contribution in [2.24, 2.45) is 0 Å². The first-order valence-corrected chi connectivity index (χ1v) is 9.62. The van der Waals surface area contributed by atoms with E-state index < -0.39 is 5.91 Å². The Balaban J connectivity index is 1.50. The van der Waals surface area contributed by atoms with Crippen LogP contribution >= 0.6 is 0 Å². The molecule has 0 spiro atoms. The van der Waals surface area contributed by atoms with E-state index in [1.165, 1.54) is 12.4 Å². The largest absolute Gasteiger partial charge is 0.423 e. The first-order valence-electron chi connectivity index (χ1n) is 9.62. The number of hydrogen-bond acceptors (Lipinski definition) is 8. The minimum Gasteiger partial charge on any atom is -0.423 e. The maximum Gasteiger partial charge on any atom is 0.302 e. The summed E-state index contributed by atoms with van der Waals surface area (Å²) in [7, 11) is 0. The summed E-state index contributed by atoms with van der Waals surface area (Å²) in [6, 6.07) is 7.06. The van der Waals surface area contributed by atoms with E-state index in [4.69, 9.17) is 10.2 Å². The van der Waals surface area contributed by atoms with E-state index >= 15 is 0 Å². The number of rotatable bonds is 4. The number of amides is 2. The molecule has 4 heterocycles. The zero-order valence-corrected chi connectivity index (χ0v) is 16.4. The van der Waals surface area contributed by atoms with Gasteiger partial charge in [0.25, 0.3) is 5.91 Å². The van der Waals surface area contributed by atoms with Crippen molar-refractivity contribution in [1.29, 1.82) is 0 Å². The SMILES string of the molecule is C=CC(=O)N1CCC(n2nc(C(=O)Nc3nc4ccccc4o3)c3c(N)ncnc32)C1. The van der Waals surface area contributed by atoms with Crippen LogP contribution in [0.15, 0.2) is 47.7 Å². The van der Waals surface area contributed by atoms with Gasteiger partial charge in [-0.25, -0.2) is 14.6 Å². The van der Waals surface area contributed by atoms with Crippen molar-refractivity contribution in [3.05, 3.63) is 48.9 Å². The van der Waals surface area contributed by atoms with Gasteiger partial charge in [0.15, 0.2) is 16.9 Å². The van der Waals surface area contributed by atoms with Crippen molar-refractivity contribution >= 4 is 45.8 Å². The van der Waals surface area contributed by atoms with Crippen LogP contribution in [0.5, 0.6) is 0 Å². The Hall–Kier alpha value is -4.28. The van der Waals surface area contributed by atoms with Crippen LogP contribution in [0, 0.1) is 0 Å². The van der Waals surface area contributed by atoms with Gasteiger partial charge in [0.1, 0.15) is 17.7 Å². The molecule has 1 aliphatic rings. The number of nitrogens with two attached hydrogens (primary N) is 1. The summed E-state index contributed by atoms with van der Waals surface area (Å²) >= 11 is 0. The average Bonchev–Trinajstić information content (AvgIpc) is 3.49. The Morgan fingerprint density at radius 2 is 2.13 bits per heavy atom. The predicted octanol–water partition coefficient (Wildman–Crippen LogP) is 1.76. The quantitative estimate of drug-likeness (QED) is 0.477. The zero-order valence-electron chi connectivity index (χ0n) is 16.4. The van der Waals surface area contributed by atoms with E-state index in [-0.39, 0.29) is 29.5 Å². The topological polar surface area (TPSA) is 145 Å². The minimum absolute atomic E-state index is 0.0490. The van der Waals surface area contributed by atoms with Crippen LogP contribution in [-0.2, 0) is 4.79 Å². The standard InChI is InChI=1S/C20H18N8O3/c1-2-14(29)27-8-7-11(9-27)28-18-15(17(21)22-10-23-18)16(26-28)19(30)25-20-24-12-5-3-4-6-13(12)31-20/h2-6,10-11H,1,7-9H2,(H2,21,22,23)(H,24,25,30). The third-order valence-electron chi connectivity index (χ3n) is 5.24. The summed E-state index contributed by atoms with van der Waals surface area (Å²) in [5, 5.41) is 7.45. The Labute approximate surface area is 175 Å². The second kappa shape index (κ2) is 7.20. The highest BCUT2D eigenvalue weighted by Gasteiger charge is 2.31. The highest BCUT2D eigenvalue weighted by molar-refractivity contribution is 6.12. The number of oxazole rings is 1. The molecular weight excluding hydrogens is 400 g/mol. The van der Waals surface area contributed by atoms with Gasteiger partial charge in [-0.3, -0.25) is 14.9 Å². The van der Waals surface area contributed by atoms with Gasteiger partial charge in [0.05, 0.1) is 11.4 Å². The highest BCUT2D eigenvalue weighted by Crippen LogP contribution is 2.29. The summed E-state index contributed by atoms with van der Waals surface area (Å²) in [4.78, 5) is 39.2. The third-order valence-corrected chi connectivity index (χ3v) is 5.24. The van der Waals surface area contributed by atoms with E-state index in [2.05, 4.69) is 31.9 Å². The van der Waals surface area contributed by atoms with Crippen LogP contribution in [0.4, 0.5) is 11.8 Å². The molecule has 5 rings (SSSR count). The minimum atomic E-state index is -0.547. The van der Waals surface area contributed by atoms with Gasteiger partial charge in [-0.15, -0.1) is 0 Å². The second-order valence-corrected chi connectivity index (χ2v) is 7.12. The first kappa shape index (κ1) is 18.7. The second-order valence-electron chi connectivity index (χ2n) is 7.12. The van der Waals surface area contributed by atoms with Crippen LogP contribution < -0.4 is 11.1 Å². The van der Waals surface area contributed by atoms with Crippen LogP contribution in [-0.4, -0.2) is 54.5 Å². The molecule has 3 N–H and O–H groups in total. The summed E-state index contributed by atoms with van der Waals surface area (Å²) in [5.74, 6) is -0.563. The van der Waals surface area contributed by atoms with E-state index in [9.17, 15) is 9.59 Å². The molecule has 31 heavy (non-hydrogen) atoms. The van der Waals surface area contributed by atoms with Gasteiger partial charge in [-0.05, 0) is 24.6 Å². The number of nitrogens with zero attached hydrogens (tertiary/aromatic N) is 6. The normalized spacial score (nSPS) is 16.1. The molecule has 1 atom stereocenters. The van der Waals surface area contributed by atoms with Gasteiger partial charge in [-0.1, -0.05) is 18.7 Å². The number of hydrogen-bond donors (Lipinski definition) is 2. The number of likely N-dealkylation sites (tertiary alicyclic amines) is 1. The zero-order chi connectivity index (χ0) is 21.5. The Kier molecular flexibility index (Phi) is 4.35. The van der Waals surface area contributed by atoms with Crippen LogP contribution in [0.2, 0.25) is 0 Å². The number of nitrogens with one attached hydrogen (secondary N) is 1. The predicted molar refractivity (Wildman–Crippen MR) is 112 cm³/mol. The molecule has 0 radical (unpaired) electrons. The fourth-order valence-electron chi connectivity index (χ4n) is 3.76. The Morgan fingerprint density at radius 3 is 2.94 bits per heavy atom. The highest BCUT2D eigenvalue weighted by atomic mass is 16.4. The molecule has 0 saturated carbocycles. The van der Waals surface area contributed by atoms with Crippen molar-refractivity contribution in [3.63, 3.8) is 0 Å². The molecule has 0 bridgehead atoms. The van der Waals surface area contributed by atoms with Crippen LogP contribution in [0.25, 0.3) is 22.1 Å². The molecular formula is C20H18N8O3. The lowest BCUT2D eigenvalue weighted by Gasteiger charge is -2.14. The fourth-order valence-corrected chi connectivity index (χ4v) is 3.76. The van der Waals surface area contributed by atoms with Crippen molar-refractivity contribution < 1.29 is 14.0 Å². The molecule has 156 valence electrons. The summed E-state index contributed by atoms with van der Waals surface area (Å²) in [5.41, 5.74) is 7.71. The number of carbonyl (C=O) groups excluding carboxylic acids is 2. The molecule has 1 saturated heterocycles. The monoisotopic (exact) mass is 418 g/mol. The lowest BCUT2D eigenvalue weighted by molar-refractivity contribution is -0.125. The first-order chi connectivity index (χ1) is 15.0. The van der Waals surface area contributed by atoms with Crippen molar-refractivity contribution in [1.82, 2.24) is 29.6 Å². The van der Waals surface area contributed by atoms with Gasteiger partial charge >= 0.3 is 6.01 Å². The molecule has 11 nitrogen and oxygen atoms in total. The average molecular weight is 418 g/mol. The Bertz CT molecular complexity index is 1310. The van der Waals surface area contributed by atoms with E-state index in [0.717, 1.165) is 0 Å². The number of nitrogen functional groups attached to an aromatic ring is 1. The number of para-hydroxylation sites is 2. The molecule has 4 aromatic rings. The molecule has 3 aromatic heterocycles. The third kappa shape index (κ3) is 3.16. The van der Waals surface area contributed by atoms with Crippen molar-refractivity contribution in [2.45, 2.75) is 12.5 Å². The molecule has 11 heteroatoms. The van der Waals surface area contributed by atoms with Crippen LogP contribution in [0.3, 0.4) is 0 Å². The number of fused-ring (bicyclic) bond motifs is 2. The number of aromatic nitrogens is 5. The molecule has 1 fully saturated rings. The number of anilines is 2. The van der Waals surface area contributed by atoms with E-state index in [0.29, 0.717) is 41.6 Å². The Morgan fingerprint density at radius 1 is 1.29 bits per heavy atom. The summed E-state index contributed by atoms with van der Waals surface area (Å²) < 4.78 is 7.20. The lowest BCUT2D eigenvalue weighted by atomic mass is 10.2.